The number of halogens is 2. The number of carbonyl (C=O) groups excluding carboxylic acids is 1. The van der Waals surface area contributed by atoms with Crippen LogP contribution in [0.25, 0.3) is 11.3 Å². The van der Waals surface area contributed by atoms with Crippen LogP contribution in [0.1, 0.15) is 23.1 Å². The van der Waals surface area contributed by atoms with Crippen molar-refractivity contribution < 1.29 is 13.2 Å². The van der Waals surface area contributed by atoms with E-state index in [0.29, 0.717) is 33.7 Å². The molecule has 170 valence electrons. The number of rotatable bonds is 5. The van der Waals surface area contributed by atoms with Crippen molar-refractivity contribution in [2.24, 2.45) is 0 Å². The highest BCUT2D eigenvalue weighted by molar-refractivity contribution is 7.89. The summed E-state index contributed by atoms with van der Waals surface area (Å²) in [7, 11) is -3.67. The first-order valence-electron chi connectivity index (χ1n) is 10.0. The Morgan fingerprint density at radius 2 is 1.84 bits per heavy atom. The zero-order valence-electron chi connectivity index (χ0n) is 17.5. The molecule has 0 spiro atoms. The van der Waals surface area contributed by atoms with Crippen molar-refractivity contribution in [2.75, 3.05) is 26.2 Å². The summed E-state index contributed by atoms with van der Waals surface area (Å²) in [4.78, 5) is 14.7. The van der Waals surface area contributed by atoms with Crippen LogP contribution in [0.3, 0.4) is 0 Å². The number of benzene rings is 1. The Bertz CT molecular complexity index is 1260. The van der Waals surface area contributed by atoms with Gasteiger partial charge in [0, 0.05) is 44.5 Å². The maximum absolute atomic E-state index is 13.0. The van der Waals surface area contributed by atoms with Crippen LogP contribution >= 0.6 is 23.2 Å². The van der Waals surface area contributed by atoms with Crippen LogP contribution < -0.4 is 0 Å². The van der Waals surface area contributed by atoms with E-state index in [9.17, 15) is 13.2 Å². The molecule has 3 heterocycles. The van der Waals surface area contributed by atoms with E-state index in [4.69, 9.17) is 23.2 Å². The number of amides is 1. The number of nitrogens with one attached hydrogen (secondary N) is 1. The van der Waals surface area contributed by atoms with Crippen molar-refractivity contribution in [1.82, 2.24) is 29.2 Å². The van der Waals surface area contributed by atoms with E-state index >= 15 is 0 Å². The standard InChI is InChI=1S/C20H22Cl2N6O3S/c1-3-27-12-19(13(2)25-27)32(30,31)28-8-6-26(7-9-28)20(29)18-11-17(23-24-18)14-4-5-15(21)16(22)10-14/h4-5,10-12H,3,6-9H2,1-2H3,(H,23,24). The topological polar surface area (TPSA) is 104 Å². The number of aromatic nitrogens is 4. The summed E-state index contributed by atoms with van der Waals surface area (Å²) < 4.78 is 29.1. The lowest BCUT2D eigenvalue weighted by molar-refractivity contribution is 0.0692. The van der Waals surface area contributed by atoms with Crippen molar-refractivity contribution in [2.45, 2.75) is 25.3 Å². The van der Waals surface area contributed by atoms with E-state index < -0.39 is 10.0 Å². The van der Waals surface area contributed by atoms with Gasteiger partial charge in [-0.1, -0.05) is 29.3 Å². The number of sulfonamides is 1. The molecule has 9 nitrogen and oxygen atoms in total. The lowest BCUT2D eigenvalue weighted by Gasteiger charge is -2.33. The van der Waals surface area contributed by atoms with Crippen LogP contribution in [0.2, 0.25) is 10.0 Å². The number of aromatic amines is 1. The first kappa shape index (κ1) is 22.8. The highest BCUT2D eigenvalue weighted by Crippen LogP contribution is 2.28. The molecule has 4 rings (SSSR count). The van der Waals surface area contributed by atoms with E-state index in [1.807, 2.05) is 6.92 Å². The minimum absolute atomic E-state index is 0.207. The second kappa shape index (κ2) is 8.86. The maximum Gasteiger partial charge on any atom is 0.271 e. The Balaban J connectivity index is 1.44. The molecular weight excluding hydrogens is 475 g/mol. The van der Waals surface area contributed by atoms with E-state index in [2.05, 4.69) is 15.3 Å². The lowest BCUT2D eigenvalue weighted by Crippen LogP contribution is -2.50. The predicted molar refractivity (Wildman–Crippen MR) is 121 cm³/mol. The fourth-order valence-electron chi connectivity index (χ4n) is 3.59. The average Bonchev–Trinajstić information content (AvgIpc) is 3.42. The largest absolute Gasteiger partial charge is 0.335 e. The van der Waals surface area contributed by atoms with Crippen LogP contribution in [0, 0.1) is 6.92 Å². The van der Waals surface area contributed by atoms with Crippen LogP contribution in [-0.4, -0.2) is 69.7 Å². The minimum Gasteiger partial charge on any atom is -0.335 e. The van der Waals surface area contributed by atoms with Gasteiger partial charge in [0.1, 0.15) is 10.6 Å². The molecule has 1 aliphatic rings. The van der Waals surface area contributed by atoms with Gasteiger partial charge in [-0.05, 0) is 32.0 Å². The molecule has 1 amide bonds. The Hall–Kier alpha value is -2.40. The normalized spacial score (nSPS) is 15.3. The predicted octanol–water partition coefficient (Wildman–Crippen LogP) is 3.06. The van der Waals surface area contributed by atoms with Crippen molar-refractivity contribution in [3.8, 4) is 11.3 Å². The molecule has 0 unspecified atom stereocenters. The zero-order valence-corrected chi connectivity index (χ0v) is 19.9. The molecule has 3 aromatic rings. The third-order valence-electron chi connectivity index (χ3n) is 5.39. The number of hydrogen-bond acceptors (Lipinski definition) is 5. The van der Waals surface area contributed by atoms with Crippen molar-refractivity contribution >= 4 is 39.1 Å². The lowest BCUT2D eigenvalue weighted by atomic mass is 10.1. The average molecular weight is 497 g/mol. The summed E-state index contributed by atoms with van der Waals surface area (Å²) in [5.74, 6) is -0.240. The SMILES string of the molecule is CCn1cc(S(=O)(=O)N2CCN(C(=O)c3cc(-c4ccc(Cl)c(Cl)c4)n[nH]3)CC2)c(C)n1. The van der Waals surface area contributed by atoms with Gasteiger partial charge in [-0.25, -0.2) is 8.42 Å². The first-order valence-corrected chi connectivity index (χ1v) is 12.2. The van der Waals surface area contributed by atoms with E-state index in [1.165, 1.54) is 4.31 Å². The molecule has 0 saturated carbocycles. The fraction of sp³-hybridized carbons (Fsp3) is 0.350. The summed E-state index contributed by atoms with van der Waals surface area (Å²) in [5, 5.41) is 12.0. The molecule has 32 heavy (non-hydrogen) atoms. The quantitative estimate of drug-likeness (QED) is 0.584. The molecule has 1 N–H and O–H groups in total. The Kier molecular flexibility index (Phi) is 6.30. The zero-order chi connectivity index (χ0) is 23.0. The molecule has 12 heteroatoms. The number of piperazine rings is 1. The highest BCUT2D eigenvalue weighted by atomic mass is 35.5. The van der Waals surface area contributed by atoms with Crippen LogP contribution in [0.15, 0.2) is 35.4 Å². The summed E-state index contributed by atoms with van der Waals surface area (Å²) in [5.41, 5.74) is 2.09. The summed E-state index contributed by atoms with van der Waals surface area (Å²) in [6.07, 6.45) is 1.55. The molecule has 2 aromatic heterocycles. The molecule has 0 aliphatic carbocycles. The van der Waals surface area contributed by atoms with Crippen LogP contribution in [-0.2, 0) is 16.6 Å². The second-order valence-electron chi connectivity index (χ2n) is 7.43. The summed E-state index contributed by atoms with van der Waals surface area (Å²) >= 11 is 12.0. The van der Waals surface area contributed by atoms with Gasteiger partial charge >= 0.3 is 0 Å². The molecule has 1 aromatic carbocycles. The summed E-state index contributed by atoms with van der Waals surface area (Å²) in [6, 6.07) is 6.76. The molecular formula is C20H22Cl2N6O3S. The first-order chi connectivity index (χ1) is 15.2. The number of aryl methyl sites for hydroxylation is 2. The third kappa shape index (κ3) is 4.27. The van der Waals surface area contributed by atoms with E-state index in [-0.39, 0.29) is 37.0 Å². The number of H-pyrrole nitrogens is 1. The molecule has 0 bridgehead atoms. The number of nitrogens with zero attached hydrogens (tertiary/aromatic N) is 5. The van der Waals surface area contributed by atoms with Crippen LogP contribution in [0.4, 0.5) is 0 Å². The minimum atomic E-state index is -3.67. The third-order valence-corrected chi connectivity index (χ3v) is 8.13. The van der Waals surface area contributed by atoms with Crippen molar-refractivity contribution in [3.63, 3.8) is 0 Å². The number of carbonyl (C=O) groups is 1. The fourth-order valence-corrected chi connectivity index (χ4v) is 5.48. The van der Waals surface area contributed by atoms with Gasteiger partial charge in [0.15, 0.2) is 0 Å². The van der Waals surface area contributed by atoms with Gasteiger partial charge < -0.3 is 4.90 Å². The van der Waals surface area contributed by atoms with E-state index in [1.54, 1.807) is 47.0 Å². The highest BCUT2D eigenvalue weighted by Gasteiger charge is 2.33. The monoisotopic (exact) mass is 496 g/mol. The molecule has 0 radical (unpaired) electrons. The van der Waals surface area contributed by atoms with Gasteiger partial charge in [0.25, 0.3) is 5.91 Å². The van der Waals surface area contributed by atoms with Crippen molar-refractivity contribution in [3.05, 3.63) is 51.9 Å². The molecule has 1 fully saturated rings. The molecule has 0 atom stereocenters. The van der Waals surface area contributed by atoms with Gasteiger partial charge in [-0.15, -0.1) is 0 Å². The van der Waals surface area contributed by atoms with Gasteiger partial charge in [-0.2, -0.15) is 14.5 Å². The summed E-state index contributed by atoms with van der Waals surface area (Å²) in [6.45, 7) is 5.14. The number of hydrogen-bond donors (Lipinski definition) is 1. The van der Waals surface area contributed by atoms with Crippen LogP contribution in [0.5, 0.6) is 0 Å². The smallest absolute Gasteiger partial charge is 0.271 e. The van der Waals surface area contributed by atoms with Crippen molar-refractivity contribution in [1.29, 1.82) is 0 Å². The van der Waals surface area contributed by atoms with Gasteiger partial charge in [0.05, 0.1) is 21.4 Å². The molecule has 1 aliphatic heterocycles. The Labute approximate surface area is 196 Å². The maximum atomic E-state index is 13.0. The van der Waals surface area contributed by atoms with E-state index in [0.717, 1.165) is 5.56 Å². The van der Waals surface area contributed by atoms with Gasteiger partial charge in [-0.3, -0.25) is 14.6 Å². The Morgan fingerprint density at radius 1 is 1.12 bits per heavy atom. The second-order valence-corrected chi connectivity index (χ2v) is 10.1. The van der Waals surface area contributed by atoms with Gasteiger partial charge in [0.2, 0.25) is 10.0 Å². The molecule has 1 saturated heterocycles. The Morgan fingerprint density at radius 3 is 2.47 bits per heavy atom.